The maximum Gasteiger partial charge on any atom is 0.279 e. The van der Waals surface area contributed by atoms with Gasteiger partial charge in [0, 0.05) is 17.1 Å². The summed E-state index contributed by atoms with van der Waals surface area (Å²) in [7, 11) is 0. The minimum Gasteiger partial charge on any atom is -0.494 e. The van der Waals surface area contributed by atoms with Crippen molar-refractivity contribution in [3.8, 4) is 11.5 Å². The lowest BCUT2D eigenvalue weighted by atomic mass is 10.3. The molecule has 2 aromatic carbocycles. The predicted molar refractivity (Wildman–Crippen MR) is 106 cm³/mol. The van der Waals surface area contributed by atoms with Crippen molar-refractivity contribution in [2.24, 2.45) is 0 Å². The van der Waals surface area contributed by atoms with Gasteiger partial charge in [-0.1, -0.05) is 18.2 Å². The van der Waals surface area contributed by atoms with Crippen molar-refractivity contribution in [2.45, 2.75) is 31.3 Å². The maximum atomic E-state index is 12.0. The van der Waals surface area contributed by atoms with E-state index in [2.05, 4.69) is 10.9 Å². The monoisotopic (exact) mass is 388 g/mol. The van der Waals surface area contributed by atoms with E-state index < -0.39 is 12.0 Å². The third-order valence-electron chi connectivity index (χ3n) is 3.48. The molecule has 6 nitrogen and oxygen atoms in total. The first-order valence-electron chi connectivity index (χ1n) is 8.74. The first-order chi connectivity index (χ1) is 13.1. The van der Waals surface area contributed by atoms with Crippen LogP contribution in [-0.2, 0) is 9.59 Å². The number of nitrogens with one attached hydrogen (secondary N) is 2. The Morgan fingerprint density at radius 1 is 1.00 bits per heavy atom. The van der Waals surface area contributed by atoms with Gasteiger partial charge in [-0.05, 0) is 50.2 Å². The SMILES string of the molecule is CCOc1ccc(O[C@@H](C)C(=O)NNC(=O)CCSc2ccccc2)cc1. The van der Waals surface area contributed by atoms with Gasteiger partial charge in [0.15, 0.2) is 6.10 Å². The summed E-state index contributed by atoms with van der Waals surface area (Å²) in [6, 6.07) is 16.8. The summed E-state index contributed by atoms with van der Waals surface area (Å²) in [5.41, 5.74) is 4.79. The maximum absolute atomic E-state index is 12.0. The molecule has 1 atom stereocenters. The van der Waals surface area contributed by atoms with Crippen molar-refractivity contribution in [1.82, 2.24) is 10.9 Å². The highest BCUT2D eigenvalue weighted by Gasteiger charge is 2.15. The molecular formula is C20H24N2O4S. The molecule has 0 saturated carbocycles. The van der Waals surface area contributed by atoms with Gasteiger partial charge in [-0.25, -0.2) is 0 Å². The normalized spacial score (nSPS) is 11.3. The second-order valence-corrected chi connectivity index (χ2v) is 6.78. The summed E-state index contributed by atoms with van der Waals surface area (Å²) in [6.07, 6.45) is -0.449. The molecule has 0 aliphatic carbocycles. The molecule has 0 saturated heterocycles. The van der Waals surface area contributed by atoms with Crippen LogP contribution in [0.25, 0.3) is 0 Å². The van der Waals surface area contributed by atoms with Crippen LogP contribution in [0.1, 0.15) is 20.3 Å². The quantitative estimate of drug-likeness (QED) is 0.510. The average molecular weight is 388 g/mol. The summed E-state index contributed by atoms with van der Waals surface area (Å²) in [5, 5.41) is 0. The number of carbonyl (C=O) groups is 2. The largest absolute Gasteiger partial charge is 0.494 e. The van der Waals surface area contributed by atoms with Crippen LogP contribution in [-0.4, -0.2) is 30.3 Å². The number of carbonyl (C=O) groups excluding carboxylic acids is 2. The fourth-order valence-corrected chi connectivity index (χ4v) is 2.99. The molecule has 2 N–H and O–H groups in total. The van der Waals surface area contributed by atoms with Crippen molar-refractivity contribution in [3.63, 3.8) is 0 Å². The van der Waals surface area contributed by atoms with Gasteiger partial charge in [0.25, 0.3) is 5.91 Å². The van der Waals surface area contributed by atoms with E-state index in [-0.39, 0.29) is 5.91 Å². The van der Waals surface area contributed by atoms with Crippen LogP contribution >= 0.6 is 11.8 Å². The topological polar surface area (TPSA) is 76.7 Å². The molecule has 0 aromatic heterocycles. The summed E-state index contributed by atoms with van der Waals surface area (Å²) in [4.78, 5) is 25.0. The molecule has 7 heteroatoms. The number of benzene rings is 2. The molecule has 0 spiro atoms. The Morgan fingerprint density at radius 3 is 2.33 bits per heavy atom. The van der Waals surface area contributed by atoms with Crippen LogP contribution in [0.4, 0.5) is 0 Å². The molecule has 2 rings (SSSR count). The van der Waals surface area contributed by atoms with Gasteiger partial charge in [-0.2, -0.15) is 0 Å². The van der Waals surface area contributed by atoms with Crippen LogP contribution in [0, 0.1) is 0 Å². The van der Waals surface area contributed by atoms with Gasteiger partial charge in [-0.15, -0.1) is 11.8 Å². The molecule has 0 aliphatic rings. The standard InChI is InChI=1S/C20H24N2O4S/c1-3-25-16-9-11-17(12-10-16)26-15(2)20(24)22-21-19(23)13-14-27-18-7-5-4-6-8-18/h4-12,15H,3,13-14H2,1-2H3,(H,21,23)(H,22,24)/t15-/m0/s1. The van der Waals surface area contributed by atoms with E-state index in [9.17, 15) is 9.59 Å². The van der Waals surface area contributed by atoms with Crippen molar-refractivity contribution in [2.75, 3.05) is 12.4 Å². The van der Waals surface area contributed by atoms with E-state index in [0.717, 1.165) is 10.6 Å². The lowest BCUT2D eigenvalue weighted by Gasteiger charge is -2.15. The number of hydrogen-bond acceptors (Lipinski definition) is 5. The van der Waals surface area contributed by atoms with Gasteiger partial charge >= 0.3 is 0 Å². The molecule has 144 valence electrons. The molecule has 0 fully saturated rings. The van der Waals surface area contributed by atoms with Gasteiger partial charge in [-0.3, -0.25) is 20.4 Å². The van der Waals surface area contributed by atoms with E-state index in [4.69, 9.17) is 9.47 Å². The molecule has 0 unspecified atom stereocenters. The first kappa shape index (κ1) is 20.6. The Bertz CT molecular complexity index is 723. The summed E-state index contributed by atoms with van der Waals surface area (Å²) in [5.74, 6) is 1.24. The van der Waals surface area contributed by atoms with Crippen LogP contribution < -0.4 is 20.3 Å². The number of ether oxygens (including phenoxy) is 2. The lowest BCUT2D eigenvalue weighted by Crippen LogP contribution is -2.47. The lowest BCUT2D eigenvalue weighted by molar-refractivity contribution is -0.132. The van der Waals surface area contributed by atoms with Crippen LogP contribution in [0.2, 0.25) is 0 Å². The highest BCUT2D eigenvalue weighted by atomic mass is 32.2. The van der Waals surface area contributed by atoms with E-state index in [1.807, 2.05) is 37.3 Å². The fourth-order valence-electron chi connectivity index (χ4n) is 2.11. The number of hydrazine groups is 1. The zero-order chi connectivity index (χ0) is 19.5. The van der Waals surface area contributed by atoms with Crippen molar-refractivity contribution >= 4 is 23.6 Å². The van der Waals surface area contributed by atoms with Crippen molar-refractivity contribution in [3.05, 3.63) is 54.6 Å². The molecule has 0 aliphatic heterocycles. The Kier molecular flexibility index (Phi) is 8.51. The number of thioether (sulfide) groups is 1. The van der Waals surface area contributed by atoms with Gasteiger partial charge in [0.2, 0.25) is 5.91 Å². The van der Waals surface area contributed by atoms with Gasteiger partial charge < -0.3 is 9.47 Å². The molecule has 27 heavy (non-hydrogen) atoms. The molecular weight excluding hydrogens is 364 g/mol. The highest BCUT2D eigenvalue weighted by Crippen LogP contribution is 2.19. The third kappa shape index (κ3) is 7.62. The molecule has 2 amide bonds. The van der Waals surface area contributed by atoms with Gasteiger partial charge in [0.05, 0.1) is 6.61 Å². The Balaban J connectivity index is 1.67. The Hall–Kier alpha value is -2.67. The Morgan fingerprint density at radius 2 is 1.67 bits per heavy atom. The number of rotatable bonds is 9. The second kappa shape index (κ2) is 11.1. The highest BCUT2D eigenvalue weighted by molar-refractivity contribution is 7.99. The minimum absolute atomic E-state index is 0.250. The van der Waals surface area contributed by atoms with Gasteiger partial charge in [0.1, 0.15) is 11.5 Å². The fraction of sp³-hybridized carbons (Fsp3) is 0.300. The van der Waals surface area contributed by atoms with E-state index in [1.165, 1.54) is 0 Å². The average Bonchev–Trinajstić information content (AvgIpc) is 2.68. The number of amides is 2. The number of hydrogen-bond donors (Lipinski definition) is 2. The van der Waals surface area contributed by atoms with Crippen molar-refractivity contribution < 1.29 is 19.1 Å². The molecule has 0 bridgehead atoms. The van der Waals surface area contributed by atoms with Crippen LogP contribution in [0.5, 0.6) is 11.5 Å². The zero-order valence-electron chi connectivity index (χ0n) is 15.4. The molecule has 2 aromatic rings. The van der Waals surface area contributed by atoms with E-state index in [1.54, 1.807) is 43.0 Å². The third-order valence-corrected chi connectivity index (χ3v) is 4.50. The molecule has 0 heterocycles. The smallest absolute Gasteiger partial charge is 0.279 e. The first-order valence-corrected chi connectivity index (χ1v) is 9.73. The van der Waals surface area contributed by atoms with Crippen LogP contribution in [0.15, 0.2) is 59.5 Å². The minimum atomic E-state index is -0.748. The van der Waals surface area contributed by atoms with Crippen LogP contribution in [0.3, 0.4) is 0 Å². The second-order valence-electron chi connectivity index (χ2n) is 5.61. The molecule has 0 radical (unpaired) electrons. The predicted octanol–water partition coefficient (Wildman–Crippen LogP) is 3.18. The summed E-state index contributed by atoms with van der Waals surface area (Å²) >= 11 is 1.59. The van der Waals surface area contributed by atoms with Crippen molar-refractivity contribution in [1.29, 1.82) is 0 Å². The summed E-state index contributed by atoms with van der Waals surface area (Å²) in [6.45, 7) is 4.11. The summed E-state index contributed by atoms with van der Waals surface area (Å²) < 4.78 is 10.9. The Labute approximate surface area is 163 Å². The van der Waals surface area contributed by atoms with E-state index in [0.29, 0.717) is 24.5 Å². The zero-order valence-corrected chi connectivity index (χ0v) is 16.3. The van der Waals surface area contributed by atoms with E-state index >= 15 is 0 Å².